The number of aromatic amines is 2. The van der Waals surface area contributed by atoms with Crippen molar-refractivity contribution >= 4 is 43.6 Å². The van der Waals surface area contributed by atoms with E-state index in [9.17, 15) is 0 Å². The van der Waals surface area contributed by atoms with Gasteiger partial charge in [-0.2, -0.15) is 0 Å². The first-order valence-electron chi connectivity index (χ1n) is 28.9. The largest absolute Gasteiger partial charge is 0.493 e. The zero-order chi connectivity index (χ0) is 52.8. The lowest BCUT2D eigenvalue weighted by Crippen LogP contribution is -2.30. The van der Waals surface area contributed by atoms with Gasteiger partial charge in [0.15, 0.2) is 23.0 Å². The van der Waals surface area contributed by atoms with E-state index in [-0.39, 0.29) is 0 Å². The van der Waals surface area contributed by atoms with Crippen LogP contribution in [0.15, 0.2) is 77.2 Å². The normalized spacial score (nSPS) is 17.5. The van der Waals surface area contributed by atoms with Crippen LogP contribution in [0.25, 0.3) is 66.1 Å². The highest BCUT2D eigenvalue weighted by molar-refractivity contribution is 6.11. The van der Waals surface area contributed by atoms with Gasteiger partial charge in [0, 0.05) is 69.3 Å². The van der Waals surface area contributed by atoms with E-state index in [4.69, 9.17) is 33.3 Å². The third-order valence-electron chi connectivity index (χ3n) is 17.0. The van der Waals surface area contributed by atoms with E-state index < -0.39 is 0 Å². The zero-order valence-corrected chi connectivity index (χ0v) is 46.8. The Bertz CT molecular complexity index is 3240. The van der Waals surface area contributed by atoms with Gasteiger partial charge in [-0.25, -0.2) is 9.97 Å². The molecule has 9 heterocycles. The number of furan rings is 1. The molecule has 0 saturated carbocycles. The summed E-state index contributed by atoms with van der Waals surface area (Å²) in [6.07, 6.45) is 14.4. The fourth-order valence-electron chi connectivity index (χ4n) is 12.6. The van der Waals surface area contributed by atoms with Gasteiger partial charge in [-0.3, -0.25) is 0 Å². The van der Waals surface area contributed by atoms with Crippen LogP contribution in [0.3, 0.4) is 0 Å². The van der Waals surface area contributed by atoms with Crippen molar-refractivity contribution in [2.75, 3.05) is 107 Å². The van der Waals surface area contributed by atoms with Gasteiger partial charge in [-0.05, 0) is 200 Å². The minimum atomic E-state index is 0.663. The Labute approximate surface area is 455 Å². The van der Waals surface area contributed by atoms with E-state index in [1.54, 1.807) is 14.2 Å². The summed E-state index contributed by atoms with van der Waals surface area (Å²) >= 11 is 0. The Balaban J connectivity index is 0.000000164. The lowest BCUT2D eigenvalue weighted by molar-refractivity contribution is 0.218. The average molecular weight is 1040 g/mol. The molecule has 0 spiro atoms. The van der Waals surface area contributed by atoms with Crippen molar-refractivity contribution in [3.05, 3.63) is 95.7 Å². The number of hydrogen-bond acceptors (Lipinski definition) is 11. The summed E-state index contributed by atoms with van der Waals surface area (Å²) in [7, 11) is 7.88. The SMILES string of the molecule is COc1cc2c(cc1OCCCN1CCCC1)nc(-c1cc(C)oc1C)c1cc(CC3CCN(C)CC3)[nH]c12.COc1cc2c(cc1OCCCN1CCCC1)nc(-c1ccccc1)c1cc(CC3CCN(C)CC3)[nH]c12. The molecular formula is C64H82N8O5. The summed E-state index contributed by atoms with van der Waals surface area (Å²) in [5.74, 6) is 6.25. The molecule has 0 amide bonds. The first-order valence-corrected chi connectivity index (χ1v) is 28.9. The third-order valence-corrected chi connectivity index (χ3v) is 17.0. The number of ether oxygens (including phenoxy) is 4. The van der Waals surface area contributed by atoms with Gasteiger partial charge in [-0.1, -0.05) is 30.3 Å². The highest BCUT2D eigenvalue weighted by atomic mass is 16.5. The van der Waals surface area contributed by atoms with Gasteiger partial charge < -0.3 is 52.9 Å². The number of methoxy groups -OCH3 is 2. The molecule has 77 heavy (non-hydrogen) atoms. The Morgan fingerprint density at radius 3 is 1.47 bits per heavy atom. The molecule has 4 aliphatic rings. The second-order valence-corrected chi connectivity index (χ2v) is 22.7. The number of aryl methyl sites for hydroxylation is 2. The second kappa shape index (κ2) is 24.3. The maximum absolute atomic E-state index is 6.27. The number of rotatable bonds is 18. The molecular weight excluding hydrogens is 961 g/mol. The number of nitrogens with zero attached hydrogens (tertiary/aromatic N) is 6. The van der Waals surface area contributed by atoms with E-state index in [0.29, 0.717) is 25.0 Å². The van der Waals surface area contributed by atoms with Crippen molar-refractivity contribution in [3.63, 3.8) is 0 Å². The number of piperidine rings is 2. The Hall–Kier alpha value is -6.12. The number of nitrogens with one attached hydrogen (secondary N) is 2. The maximum atomic E-state index is 6.27. The molecule has 13 nitrogen and oxygen atoms in total. The number of aromatic nitrogens is 4. The first-order chi connectivity index (χ1) is 37.7. The molecule has 2 N–H and O–H groups in total. The molecule has 4 saturated heterocycles. The topological polar surface area (TPSA) is 120 Å². The number of H-pyrrole nitrogens is 2. The van der Waals surface area contributed by atoms with E-state index >= 15 is 0 Å². The first kappa shape index (κ1) is 52.9. The molecule has 8 aromatic rings. The average Bonchev–Trinajstić information content (AvgIpc) is 4.33. The van der Waals surface area contributed by atoms with Crippen LogP contribution in [0.1, 0.15) is 87.1 Å². The number of pyridine rings is 2. The van der Waals surface area contributed by atoms with Gasteiger partial charge in [0.05, 0.1) is 60.9 Å². The van der Waals surface area contributed by atoms with Crippen molar-refractivity contribution in [2.24, 2.45) is 11.8 Å². The molecule has 4 aliphatic heterocycles. The van der Waals surface area contributed by atoms with Crippen LogP contribution >= 0.6 is 0 Å². The Morgan fingerprint density at radius 1 is 0.545 bits per heavy atom. The smallest absolute Gasteiger partial charge is 0.163 e. The van der Waals surface area contributed by atoms with Crippen molar-refractivity contribution in [3.8, 4) is 45.5 Å². The molecule has 0 atom stereocenters. The molecule has 13 heteroatoms. The quantitative estimate of drug-likeness (QED) is 0.0799. The van der Waals surface area contributed by atoms with Crippen LogP contribution < -0.4 is 18.9 Å². The molecule has 0 unspecified atom stereocenters. The third kappa shape index (κ3) is 12.3. The number of likely N-dealkylation sites (tertiary alicyclic amines) is 4. The van der Waals surface area contributed by atoms with Crippen molar-refractivity contribution in [1.29, 1.82) is 0 Å². The van der Waals surface area contributed by atoms with Gasteiger partial charge in [-0.15, -0.1) is 0 Å². The van der Waals surface area contributed by atoms with Crippen molar-refractivity contribution in [1.82, 2.24) is 39.5 Å². The van der Waals surface area contributed by atoms with E-state index in [2.05, 4.69) is 110 Å². The van der Waals surface area contributed by atoms with Gasteiger partial charge in [0.2, 0.25) is 0 Å². The van der Waals surface area contributed by atoms with E-state index in [0.717, 1.165) is 134 Å². The summed E-state index contributed by atoms with van der Waals surface area (Å²) in [6.45, 7) is 17.1. The van der Waals surface area contributed by atoms with Gasteiger partial charge in [0.25, 0.3) is 0 Å². The predicted octanol–water partition coefficient (Wildman–Crippen LogP) is 12.5. The second-order valence-electron chi connectivity index (χ2n) is 22.7. The summed E-state index contributed by atoms with van der Waals surface area (Å²) < 4.78 is 30.1. The zero-order valence-electron chi connectivity index (χ0n) is 46.8. The molecule has 4 fully saturated rings. The molecule has 5 aromatic heterocycles. The number of benzene rings is 3. The van der Waals surface area contributed by atoms with Crippen LogP contribution in [0.5, 0.6) is 23.0 Å². The molecule has 3 aromatic carbocycles. The molecule has 0 aliphatic carbocycles. The monoisotopic (exact) mass is 1040 g/mol. The van der Waals surface area contributed by atoms with Crippen LogP contribution in [0.4, 0.5) is 0 Å². The van der Waals surface area contributed by atoms with Crippen LogP contribution in [-0.4, -0.2) is 147 Å². The number of hydrogen-bond donors (Lipinski definition) is 2. The maximum Gasteiger partial charge on any atom is 0.163 e. The van der Waals surface area contributed by atoms with Crippen molar-refractivity contribution < 1.29 is 23.4 Å². The molecule has 0 bridgehead atoms. The van der Waals surface area contributed by atoms with E-state index in [1.165, 1.54) is 120 Å². The molecule has 408 valence electrons. The van der Waals surface area contributed by atoms with Crippen molar-refractivity contribution in [2.45, 2.75) is 90.9 Å². The summed E-state index contributed by atoms with van der Waals surface area (Å²) in [6, 6.07) is 25.6. The Kier molecular flexibility index (Phi) is 16.7. The Morgan fingerprint density at radius 2 is 1.01 bits per heavy atom. The minimum Gasteiger partial charge on any atom is -0.493 e. The van der Waals surface area contributed by atoms with Gasteiger partial charge in [0.1, 0.15) is 11.5 Å². The summed E-state index contributed by atoms with van der Waals surface area (Å²) in [5.41, 5.74) is 10.8. The van der Waals surface area contributed by atoms with Crippen LogP contribution in [0.2, 0.25) is 0 Å². The molecule has 12 rings (SSSR count). The fraction of sp³-hybridized carbons (Fsp3) is 0.500. The van der Waals surface area contributed by atoms with E-state index in [1.807, 2.05) is 19.9 Å². The van der Waals surface area contributed by atoms with Gasteiger partial charge >= 0.3 is 0 Å². The summed E-state index contributed by atoms with van der Waals surface area (Å²) in [5, 5.41) is 4.45. The molecule has 0 radical (unpaired) electrons. The summed E-state index contributed by atoms with van der Waals surface area (Å²) in [4.78, 5) is 27.9. The standard InChI is InChI=1S/C32H42N4O3.C32H40N4O2/c1-21-16-25(22(2)39-21)31-27-18-24(17-23-8-13-35(3)14-9-23)33-32(27)26-19-29(37-4)30(20-28(26)34-31)38-15-7-12-36-10-5-6-11-36;1-35-16-11-23(12-17-35)19-25-20-27-31(24-9-4-3-5-10-24)34-28-22-30(29(37-2)21-26(28)32(27)33-25)38-18-8-15-36-13-6-7-14-36/h16,18-20,23,33H,5-15,17H2,1-4H3;3-5,9-10,20-23,33H,6-8,11-19H2,1-2H3. The lowest BCUT2D eigenvalue weighted by atomic mass is 9.92. The fourth-order valence-corrected chi connectivity index (χ4v) is 12.6. The lowest BCUT2D eigenvalue weighted by Gasteiger charge is -2.28. The van der Waals surface area contributed by atoms with Crippen LogP contribution in [-0.2, 0) is 12.8 Å². The predicted molar refractivity (Wildman–Crippen MR) is 312 cm³/mol. The number of fused-ring (bicyclic) bond motifs is 6. The van der Waals surface area contributed by atoms with Crippen LogP contribution in [0, 0.1) is 25.7 Å². The highest BCUT2D eigenvalue weighted by Gasteiger charge is 2.25. The minimum absolute atomic E-state index is 0.663. The highest BCUT2D eigenvalue weighted by Crippen LogP contribution is 2.42.